The van der Waals surface area contributed by atoms with Gasteiger partial charge < -0.3 is 21.1 Å². The zero-order valence-electron chi connectivity index (χ0n) is 14.3. The number of nitrogens with two attached hydrogens (primary N) is 1. The second-order valence-corrected chi connectivity index (χ2v) is 6.22. The molecule has 4 heteroatoms. The van der Waals surface area contributed by atoms with Crippen molar-refractivity contribution < 1.29 is 15.3 Å². The highest BCUT2D eigenvalue weighted by atomic mass is 16.3. The third kappa shape index (κ3) is 12.2. The third-order valence-electron chi connectivity index (χ3n) is 4.06. The second-order valence-electron chi connectivity index (χ2n) is 6.22. The van der Waals surface area contributed by atoms with Crippen molar-refractivity contribution in [3.8, 4) is 0 Å². The van der Waals surface area contributed by atoms with Gasteiger partial charge in [0.1, 0.15) is 0 Å². The number of hydrogen-bond acceptors (Lipinski definition) is 4. The Kier molecular flexibility index (Phi) is 15.2. The van der Waals surface area contributed by atoms with Crippen LogP contribution in [0.5, 0.6) is 0 Å². The standard InChI is InChI=1S/C18H37NO3/c1-2-3-4-5-6-7-8-9-10-11-12-13-14-17(21)18(22)16(19)15-20/h10-11,16-18,20-22H,2-9,12-15,19H2,1H3. The number of allylic oxidation sites excluding steroid dienone is 2. The van der Waals surface area contributed by atoms with E-state index in [1.54, 1.807) is 0 Å². The maximum Gasteiger partial charge on any atom is 0.0971 e. The second kappa shape index (κ2) is 15.5. The van der Waals surface area contributed by atoms with Crippen molar-refractivity contribution in [3.63, 3.8) is 0 Å². The molecule has 132 valence electrons. The molecule has 22 heavy (non-hydrogen) atoms. The van der Waals surface area contributed by atoms with Crippen molar-refractivity contribution in [2.75, 3.05) is 6.61 Å². The maximum atomic E-state index is 9.72. The van der Waals surface area contributed by atoms with Crippen LogP contribution in [-0.2, 0) is 0 Å². The molecule has 3 atom stereocenters. The van der Waals surface area contributed by atoms with E-state index in [-0.39, 0.29) is 6.61 Å². The summed E-state index contributed by atoms with van der Waals surface area (Å²) in [7, 11) is 0. The van der Waals surface area contributed by atoms with E-state index in [4.69, 9.17) is 10.8 Å². The average molecular weight is 315 g/mol. The van der Waals surface area contributed by atoms with E-state index in [0.717, 1.165) is 19.3 Å². The zero-order valence-corrected chi connectivity index (χ0v) is 14.3. The summed E-state index contributed by atoms with van der Waals surface area (Å²) < 4.78 is 0. The van der Waals surface area contributed by atoms with Crippen molar-refractivity contribution in [2.24, 2.45) is 5.73 Å². The van der Waals surface area contributed by atoms with Crippen molar-refractivity contribution in [3.05, 3.63) is 12.2 Å². The van der Waals surface area contributed by atoms with Crippen LogP contribution in [0, 0.1) is 0 Å². The molecule has 0 spiro atoms. The summed E-state index contributed by atoms with van der Waals surface area (Å²) in [5, 5.41) is 28.1. The summed E-state index contributed by atoms with van der Waals surface area (Å²) in [5.41, 5.74) is 5.48. The van der Waals surface area contributed by atoms with Crippen LogP contribution in [0.4, 0.5) is 0 Å². The maximum absolute atomic E-state index is 9.72. The first kappa shape index (κ1) is 21.6. The minimum absolute atomic E-state index is 0.309. The lowest BCUT2D eigenvalue weighted by molar-refractivity contribution is -0.0117. The van der Waals surface area contributed by atoms with Gasteiger partial charge in [-0.25, -0.2) is 0 Å². The number of aliphatic hydroxyl groups excluding tert-OH is 3. The Hall–Kier alpha value is -0.420. The first-order chi connectivity index (χ1) is 10.6. The fourth-order valence-corrected chi connectivity index (χ4v) is 2.46. The van der Waals surface area contributed by atoms with Gasteiger partial charge in [0.2, 0.25) is 0 Å². The molecule has 0 bridgehead atoms. The van der Waals surface area contributed by atoms with Gasteiger partial charge in [0.05, 0.1) is 24.9 Å². The first-order valence-corrected chi connectivity index (χ1v) is 9.01. The summed E-state index contributed by atoms with van der Waals surface area (Å²) in [6, 6.07) is -0.761. The minimum atomic E-state index is -1.04. The van der Waals surface area contributed by atoms with Gasteiger partial charge in [-0.1, -0.05) is 57.6 Å². The van der Waals surface area contributed by atoms with Gasteiger partial charge in [0.25, 0.3) is 0 Å². The topological polar surface area (TPSA) is 86.7 Å². The summed E-state index contributed by atoms with van der Waals surface area (Å²) in [6.07, 6.45) is 15.2. The fraction of sp³-hybridized carbons (Fsp3) is 0.889. The minimum Gasteiger partial charge on any atom is -0.395 e. The van der Waals surface area contributed by atoms with E-state index in [1.807, 2.05) is 0 Å². The van der Waals surface area contributed by atoms with E-state index < -0.39 is 18.2 Å². The highest BCUT2D eigenvalue weighted by molar-refractivity contribution is 4.83. The molecule has 0 aliphatic rings. The lowest BCUT2D eigenvalue weighted by Crippen LogP contribution is -2.45. The molecule has 3 unspecified atom stereocenters. The van der Waals surface area contributed by atoms with Crippen LogP contribution in [-0.4, -0.2) is 40.2 Å². The molecule has 0 saturated heterocycles. The van der Waals surface area contributed by atoms with Gasteiger partial charge in [-0.15, -0.1) is 0 Å². The Balaban J connectivity index is 3.40. The molecule has 4 nitrogen and oxygen atoms in total. The number of unbranched alkanes of at least 4 members (excludes halogenated alkanes) is 8. The summed E-state index contributed by atoms with van der Waals surface area (Å²) >= 11 is 0. The molecule has 0 aromatic carbocycles. The summed E-state index contributed by atoms with van der Waals surface area (Å²) in [4.78, 5) is 0. The Morgan fingerprint density at radius 1 is 0.864 bits per heavy atom. The molecule has 0 radical (unpaired) electrons. The van der Waals surface area contributed by atoms with Gasteiger partial charge in [-0.2, -0.15) is 0 Å². The normalized spacial score (nSPS) is 16.0. The number of hydrogen-bond donors (Lipinski definition) is 4. The smallest absolute Gasteiger partial charge is 0.0971 e. The molecule has 0 heterocycles. The molecule has 0 aromatic heterocycles. The van der Waals surface area contributed by atoms with E-state index >= 15 is 0 Å². The van der Waals surface area contributed by atoms with Crippen molar-refractivity contribution in [1.82, 2.24) is 0 Å². The van der Waals surface area contributed by atoms with Crippen molar-refractivity contribution >= 4 is 0 Å². The van der Waals surface area contributed by atoms with Crippen LogP contribution in [0.2, 0.25) is 0 Å². The zero-order chi connectivity index (χ0) is 16.6. The highest BCUT2D eigenvalue weighted by Crippen LogP contribution is 2.10. The predicted molar refractivity (Wildman–Crippen MR) is 92.7 cm³/mol. The number of rotatable bonds is 15. The summed E-state index contributed by atoms with van der Waals surface area (Å²) in [5.74, 6) is 0. The van der Waals surface area contributed by atoms with Crippen molar-refractivity contribution in [1.29, 1.82) is 0 Å². The predicted octanol–water partition coefficient (Wildman–Crippen LogP) is 2.90. The molecular weight excluding hydrogens is 278 g/mol. The van der Waals surface area contributed by atoms with Crippen LogP contribution < -0.4 is 5.73 Å². The summed E-state index contributed by atoms with van der Waals surface area (Å²) in [6.45, 7) is 1.93. The van der Waals surface area contributed by atoms with Gasteiger partial charge in [0.15, 0.2) is 0 Å². The molecule has 0 fully saturated rings. The van der Waals surface area contributed by atoms with Gasteiger partial charge in [-0.05, 0) is 32.1 Å². The number of aliphatic hydroxyl groups is 3. The van der Waals surface area contributed by atoms with E-state index in [2.05, 4.69) is 19.1 Å². The molecule has 5 N–H and O–H groups in total. The Bertz CT molecular complexity index is 259. The van der Waals surface area contributed by atoms with Crippen LogP contribution >= 0.6 is 0 Å². The highest BCUT2D eigenvalue weighted by Gasteiger charge is 2.21. The monoisotopic (exact) mass is 315 g/mol. The third-order valence-corrected chi connectivity index (χ3v) is 4.06. The van der Waals surface area contributed by atoms with E-state index in [0.29, 0.717) is 6.42 Å². The Morgan fingerprint density at radius 3 is 2.00 bits per heavy atom. The van der Waals surface area contributed by atoms with E-state index in [1.165, 1.54) is 44.9 Å². The largest absolute Gasteiger partial charge is 0.395 e. The quantitative estimate of drug-likeness (QED) is 0.276. The molecule has 0 aliphatic heterocycles. The van der Waals surface area contributed by atoms with E-state index in [9.17, 15) is 10.2 Å². The molecule has 0 rings (SSSR count). The van der Waals surface area contributed by atoms with Crippen LogP contribution in [0.15, 0.2) is 12.2 Å². The van der Waals surface area contributed by atoms with Gasteiger partial charge in [-0.3, -0.25) is 0 Å². The lowest BCUT2D eigenvalue weighted by Gasteiger charge is -2.21. The molecule has 0 aromatic rings. The molecule has 0 aliphatic carbocycles. The van der Waals surface area contributed by atoms with Crippen LogP contribution in [0.1, 0.15) is 77.6 Å². The lowest BCUT2D eigenvalue weighted by atomic mass is 10.0. The molecule has 0 amide bonds. The van der Waals surface area contributed by atoms with Crippen LogP contribution in [0.25, 0.3) is 0 Å². The SMILES string of the molecule is CCCCCCCCCC=CCCCC(O)C(O)C(N)CO. The van der Waals surface area contributed by atoms with Crippen molar-refractivity contribution in [2.45, 2.75) is 95.8 Å². The average Bonchev–Trinajstić information content (AvgIpc) is 2.54. The van der Waals surface area contributed by atoms with Gasteiger partial charge >= 0.3 is 0 Å². The first-order valence-electron chi connectivity index (χ1n) is 9.01. The van der Waals surface area contributed by atoms with Crippen LogP contribution in [0.3, 0.4) is 0 Å². The molecule has 0 saturated carbocycles. The Morgan fingerprint density at radius 2 is 1.41 bits per heavy atom. The van der Waals surface area contributed by atoms with Gasteiger partial charge in [0, 0.05) is 0 Å². The Labute approximate surface area is 136 Å². The fourth-order valence-electron chi connectivity index (χ4n) is 2.46. The molecular formula is C18H37NO3.